The molecule has 0 spiro atoms. The van der Waals surface area contributed by atoms with Crippen LogP contribution in [0, 0.1) is 11.3 Å². The molecule has 0 atom stereocenters. The molecular formula is C20H12ClNO3. The predicted molar refractivity (Wildman–Crippen MR) is 96.0 cm³/mol. The minimum absolute atomic E-state index is 0.169. The number of aromatic carboxylic acids is 1. The van der Waals surface area contributed by atoms with Gasteiger partial charge in [0.05, 0.1) is 17.2 Å². The number of halogens is 1. The molecule has 1 N–H and O–H groups in total. The first-order chi connectivity index (χ1) is 12.1. The highest BCUT2D eigenvalue weighted by Gasteiger charge is 2.08. The summed E-state index contributed by atoms with van der Waals surface area (Å²) in [5.41, 5.74) is 2.01. The molecule has 0 saturated carbocycles. The van der Waals surface area contributed by atoms with E-state index in [0.717, 1.165) is 5.56 Å². The highest BCUT2D eigenvalue weighted by atomic mass is 35.5. The van der Waals surface area contributed by atoms with Crippen LogP contribution in [0.25, 0.3) is 23.0 Å². The third-order valence-corrected chi connectivity index (χ3v) is 3.82. The molecule has 0 radical (unpaired) electrons. The van der Waals surface area contributed by atoms with E-state index in [2.05, 4.69) is 6.07 Å². The van der Waals surface area contributed by atoms with Gasteiger partial charge in [0.2, 0.25) is 0 Å². The van der Waals surface area contributed by atoms with E-state index in [1.54, 1.807) is 42.5 Å². The SMILES string of the molecule is N#C/C(=C/c1ccc(-c2cccc(Cl)c2)o1)c1ccc(C(=O)O)cc1. The number of hydrogen-bond donors (Lipinski definition) is 1. The molecule has 3 rings (SSSR count). The number of carboxylic acid groups (broad SMARTS) is 1. The maximum absolute atomic E-state index is 10.9. The first-order valence-corrected chi connectivity index (χ1v) is 7.76. The van der Waals surface area contributed by atoms with Crippen LogP contribution in [0.5, 0.6) is 0 Å². The number of allylic oxidation sites excluding steroid dienone is 1. The third-order valence-electron chi connectivity index (χ3n) is 3.59. The Morgan fingerprint density at radius 1 is 1.08 bits per heavy atom. The van der Waals surface area contributed by atoms with Crippen molar-refractivity contribution in [1.29, 1.82) is 5.26 Å². The van der Waals surface area contributed by atoms with Gasteiger partial charge in [0, 0.05) is 10.6 Å². The fourth-order valence-electron chi connectivity index (χ4n) is 2.34. The molecule has 0 bridgehead atoms. The summed E-state index contributed by atoms with van der Waals surface area (Å²) in [4.78, 5) is 10.9. The third kappa shape index (κ3) is 3.79. The lowest BCUT2D eigenvalue weighted by Gasteiger charge is -2.00. The molecule has 0 saturated heterocycles. The van der Waals surface area contributed by atoms with Crippen molar-refractivity contribution < 1.29 is 14.3 Å². The van der Waals surface area contributed by atoms with Crippen molar-refractivity contribution in [2.45, 2.75) is 0 Å². The van der Waals surface area contributed by atoms with Crippen molar-refractivity contribution in [1.82, 2.24) is 0 Å². The molecule has 5 heteroatoms. The fourth-order valence-corrected chi connectivity index (χ4v) is 2.53. The van der Waals surface area contributed by atoms with Gasteiger partial charge in [0.15, 0.2) is 0 Å². The fraction of sp³-hybridized carbons (Fsp3) is 0. The topological polar surface area (TPSA) is 74.2 Å². The molecule has 2 aromatic carbocycles. The van der Waals surface area contributed by atoms with Crippen molar-refractivity contribution in [3.63, 3.8) is 0 Å². The Kier molecular flexibility index (Phi) is 4.69. The quantitative estimate of drug-likeness (QED) is 0.643. The molecule has 0 unspecified atom stereocenters. The van der Waals surface area contributed by atoms with Crippen LogP contribution in [-0.2, 0) is 0 Å². The lowest BCUT2D eigenvalue weighted by atomic mass is 10.0. The van der Waals surface area contributed by atoms with Crippen molar-refractivity contribution in [2.75, 3.05) is 0 Å². The monoisotopic (exact) mass is 349 g/mol. The summed E-state index contributed by atoms with van der Waals surface area (Å²) in [5, 5.41) is 18.9. The average molecular weight is 350 g/mol. The van der Waals surface area contributed by atoms with Crippen LogP contribution in [0.2, 0.25) is 5.02 Å². The van der Waals surface area contributed by atoms with Crippen LogP contribution in [0.1, 0.15) is 21.7 Å². The molecule has 25 heavy (non-hydrogen) atoms. The Bertz CT molecular complexity index is 994. The summed E-state index contributed by atoms with van der Waals surface area (Å²) in [6.07, 6.45) is 1.61. The van der Waals surface area contributed by atoms with E-state index in [1.165, 1.54) is 12.1 Å². The highest BCUT2D eigenvalue weighted by molar-refractivity contribution is 6.30. The molecule has 0 aliphatic heterocycles. The minimum Gasteiger partial charge on any atom is -0.478 e. The number of hydrogen-bond acceptors (Lipinski definition) is 3. The molecule has 0 fully saturated rings. The number of carboxylic acids is 1. The van der Waals surface area contributed by atoms with Crippen LogP contribution >= 0.6 is 11.6 Å². The lowest BCUT2D eigenvalue weighted by Crippen LogP contribution is -1.95. The second-order valence-electron chi connectivity index (χ2n) is 5.26. The van der Waals surface area contributed by atoms with Crippen LogP contribution in [0.3, 0.4) is 0 Å². The summed E-state index contributed by atoms with van der Waals surface area (Å²) in [6, 6.07) is 19.1. The van der Waals surface area contributed by atoms with Crippen LogP contribution in [0.4, 0.5) is 0 Å². The van der Waals surface area contributed by atoms with E-state index in [4.69, 9.17) is 21.1 Å². The van der Waals surface area contributed by atoms with E-state index < -0.39 is 5.97 Å². The Hall–Kier alpha value is -3.29. The van der Waals surface area contributed by atoms with Crippen LogP contribution in [-0.4, -0.2) is 11.1 Å². The first-order valence-electron chi connectivity index (χ1n) is 7.38. The van der Waals surface area contributed by atoms with Gasteiger partial charge in [-0.3, -0.25) is 0 Å². The summed E-state index contributed by atoms with van der Waals surface area (Å²) in [5.74, 6) is 0.160. The number of rotatable bonds is 4. The second kappa shape index (κ2) is 7.08. The van der Waals surface area contributed by atoms with Gasteiger partial charge in [-0.05, 0) is 48.0 Å². The average Bonchev–Trinajstić information content (AvgIpc) is 3.08. The second-order valence-corrected chi connectivity index (χ2v) is 5.70. The summed E-state index contributed by atoms with van der Waals surface area (Å²) < 4.78 is 5.76. The maximum Gasteiger partial charge on any atom is 0.335 e. The number of furan rings is 1. The number of carbonyl (C=O) groups is 1. The molecule has 122 valence electrons. The van der Waals surface area contributed by atoms with Crippen LogP contribution < -0.4 is 0 Å². The standard InChI is InChI=1S/C20H12ClNO3/c21-17-3-1-2-15(10-17)19-9-8-18(25-19)11-16(12-22)13-4-6-14(7-5-13)20(23)24/h1-11H,(H,23,24)/b16-11-. The number of benzene rings is 2. The van der Waals surface area contributed by atoms with E-state index in [1.807, 2.05) is 12.1 Å². The van der Waals surface area contributed by atoms with Gasteiger partial charge in [-0.25, -0.2) is 4.79 Å². The zero-order valence-corrected chi connectivity index (χ0v) is 13.7. The van der Waals surface area contributed by atoms with E-state index in [-0.39, 0.29) is 5.56 Å². The molecule has 3 aromatic rings. The molecule has 0 aliphatic rings. The summed E-state index contributed by atoms with van der Waals surface area (Å²) >= 11 is 5.98. The molecule has 0 amide bonds. The molecule has 1 aromatic heterocycles. The van der Waals surface area contributed by atoms with Gasteiger partial charge >= 0.3 is 5.97 Å². The Morgan fingerprint density at radius 2 is 1.80 bits per heavy atom. The number of nitrogens with zero attached hydrogens (tertiary/aromatic N) is 1. The normalized spacial score (nSPS) is 11.1. The smallest absolute Gasteiger partial charge is 0.335 e. The molecule has 1 heterocycles. The summed E-state index contributed by atoms with van der Waals surface area (Å²) in [7, 11) is 0. The molecular weight excluding hydrogens is 338 g/mol. The zero-order chi connectivity index (χ0) is 17.8. The van der Waals surface area contributed by atoms with Gasteiger partial charge in [0.25, 0.3) is 0 Å². The number of nitriles is 1. The van der Waals surface area contributed by atoms with E-state index in [0.29, 0.717) is 27.7 Å². The van der Waals surface area contributed by atoms with Gasteiger partial charge in [-0.1, -0.05) is 35.9 Å². The van der Waals surface area contributed by atoms with Crippen molar-refractivity contribution in [3.05, 3.63) is 82.6 Å². The van der Waals surface area contributed by atoms with Gasteiger partial charge in [-0.15, -0.1) is 0 Å². The zero-order valence-electron chi connectivity index (χ0n) is 12.9. The lowest BCUT2D eigenvalue weighted by molar-refractivity contribution is 0.0697. The van der Waals surface area contributed by atoms with Gasteiger partial charge in [0.1, 0.15) is 11.5 Å². The van der Waals surface area contributed by atoms with Crippen molar-refractivity contribution in [3.8, 4) is 17.4 Å². The minimum atomic E-state index is -1.01. The van der Waals surface area contributed by atoms with E-state index >= 15 is 0 Å². The molecule has 0 aliphatic carbocycles. The van der Waals surface area contributed by atoms with Crippen molar-refractivity contribution in [2.24, 2.45) is 0 Å². The Morgan fingerprint density at radius 3 is 2.44 bits per heavy atom. The Balaban J connectivity index is 1.90. The largest absolute Gasteiger partial charge is 0.478 e. The summed E-state index contributed by atoms with van der Waals surface area (Å²) in [6.45, 7) is 0. The molecule has 4 nitrogen and oxygen atoms in total. The highest BCUT2D eigenvalue weighted by Crippen LogP contribution is 2.27. The van der Waals surface area contributed by atoms with Gasteiger partial charge in [-0.2, -0.15) is 5.26 Å². The first kappa shape index (κ1) is 16.6. The van der Waals surface area contributed by atoms with E-state index in [9.17, 15) is 10.1 Å². The Labute approximate surface area is 149 Å². The van der Waals surface area contributed by atoms with Crippen LogP contribution in [0.15, 0.2) is 65.1 Å². The van der Waals surface area contributed by atoms with Crippen molar-refractivity contribution >= 4 is 29.2 Å². The predicted octanol–water partition coefficient (Wildman–Crippen LogP) is 5.36. The van der Waals surface area contributed by atoms with Gasteiger partial charge < -0.3 is 9.52 Å². The maximum atomic E-state index is 10.9.